The van der Waals surface area contributed by atoms with Crippen LogP contribution in [-0.4, -0.2) is 61.6 Å². The first-order valence-electron chi connectivity index (χ1n) is 13.8. The third-order valence-electron chi connectivity index (χ3n) is 7.51. The predicted molar refractivity (Wildman–Crippen MR) is 147 cm³/mol. The van der Waals surface area contributed by atoms with Crippen molar-refractivity contribution in [2.45, 2.75) is 56.6 Å². The molecule has 2 atom stereocenters. The van der Waals surface area contributed by atoms with E-state index in [0.29, 0.717) is 52.3 Å². The van der Waals surface area contributed by atoms with E-state index >= 15 is 4.39 Å². The molecular weight excluding hydrogens is 479 g/mol. The molecule has 3 aromatic rings. The van der Waals surface area contributed by atoms with Crippen LogP contribution in [0.15, 0.2) is 91.0 Å². The number of halogens is 1. The van der Waals surface area contributed by atoms with Crippen molar-refractivity contribution in [3.05, 3.63) is 108 Å². The lowest BCUT2D eigenvalue weighted by Gasteiger charge is -2.45. The molecule has 5 rings (SSSR count). The second kappa shape index (κ2) is 13.5. The highest BCUT2D eigenvalue weighted by Gasteiger charge is 2.43. The highest BCUT2D eigenvalue weighted by atomic mass is 19.1. The van der Waals surface area contributed by atoms with E-state index in [-0.39, 0.29) is 18.3 Å². The molecule has 0 amide bonds. The Labute approximate surface area is 225 Å². The largest absolute Gasteiger partial charge is 0.369 e. The van der Waals surface area contributed by atoms with Gasteiger partial charge in [0.25, 0.3) is 0 Å². The summed E-state index contributed by atoms with van der Waals surface area (Å²) in [6, 6.07) is 30.5. The first-order valence-corrected chi connectivity index (χ1v) is 13.8. The van der Waals surface area contributed by atoms with Crippen LogP contribution in [0.25, 0.3) is 0 Å². The minimum atomic E-state index is -1.20. The zero-order valence-electron chi connectivity index (χ0n) is 22.0. The molecule has 1 N–H and O–H groups in total. The smallest absolute Gasteiger partial charge is 0.126 e. The molecule has 2 saturated heterocycles. The van der Waals surface area contributed by atoms with Crippen LogP contribution >= 0.6 is 0 Å². The van der Waals surface area contributed by atoms with Gasteiger partial charge in [0.1, 0.15) is 11.8 Å². The van der Waals surface area contributed by atoms with Crippen LogP contribution in [0.2, 0.25) is 0 Å². The zero-order chi connectivity index (χ0) is 26.0. The van der Waals surface area contributed by atoms with Crippen LogP contribution in [0, 0.1) is 0 Å². The molecule has 2 aliphatic rings. The highest BCUT2D eigenvalue weighted by Crippen LogP contribution is 2.29. The van der Waals surface area contributed by atoms with Gasteiger partial charge in [-0.1, -0.05) is 91.0 Å². The van der Waals surface area contributed by atoms with E-state index in [0.717, 1.165) is 29.8 Å². The molecule has 0 aromatic heterocycles. The van der Waals surface area contributed by atoms with E-state index in [2.05, 4.69) is 46.6 Å². The van der Waals surface area contributed by atoms with Crippen LogP contribution in [-0.2, 0) is 34.0 Å². The van der Waals surface area contributed by atoms with Crippen molar-refractivity contribution in [1.29, 1.82) is 0 Å². The fourth-order valence-electron chi connectivity index (χ4n) is 5.42. The summed E-state index contributed by atoms with van der Waals surface area (Å²) < 4.78 is 35.4. The van der Waals surface area contributed by atoms with Gasteiger partial charge in [0.05, 0.1) is 32.0 Å². The Morgan fingerprint density at radius 3 is 1.53 bits per heavy atom. The number of piperidine rings is 2. The average Bonchev–Trinajstić information content (AvgIpc) is 2.96. The first-order chi connectivity index (χ1) is 18.7. The summed E-state index contributed by atoms with van der Waals surface area (Å²) in [7, 11) is 0. The lowest BCUT2D eigenvalue weighted by molar-refractivity contribution is -0.188. The number of ether oxygens (including phenoxy) is 3. The third-order valence-corrected chi connectivity index (χ3v) is 7.51. The normalized spacial score (nSPS) is 23.8. The fourth-order valence-corrected chi connectivity index (χ4v) is 5.42. The second-order valence-electron chi connectivity index (χ2n) is 10.5. The Kier molecular flexibility index (Phi) is 9.55. The standard InChI is InChI=1S/C32H39FN2O3/c33-32(16-18-34-19-17-32)25-35-20-29(36-22-26-10-4-1-5-11-26)31(38-24-28-14-8-3-9-15-28)30(21-35)37-23-27-12-6-2-7-13-27/h1-15,29-31,34H,16-25H2. The lowest BCUT2D eigenvalue weighted by Crippen LogP contribution is -2.60. The van der Waals surface area contributed by atoms with Crippen molar-refractivity contribution < 1.29 is 18.6 Å². The van der Waals surface area contributed by atoms with Crippen LogP contribution in [0.4, 0.5) is 4.39 Å². The molecule has 2 unspecified atom stereocenters. The molecule has 5 nitrogen and oxygen atoms in total. The monoisotopic (exact) mass is 518 g/mol. The van der Waals surface area contributed by atoms with Crippen molar-refractivity contribution in [1.82, 2.24) is 10.2 Å². The van der Waals surface area contributed by atoms with Crippen LogP contribution in [0.5, 0.6) is 0 Å². The van der Waals surface area contributed by atoms with Gasteiger partial charge in [-0.3, -0.25) is 4.90 Å². The Balaban J connectivity index is 1.35. The van der Waals surface area contributed by atoms with Gasteiger partial charge in [-0.05, 0) is 42.6 Å². The number of hydrogen-bond acceptors (Lipinski definition) is 5. The zero-order valence-corrected chi connectivity index (χ0v) is 22.0. The van der Waals surface area contributed by atoms with Crippen molar-refractivity contribution >= 4 is 0 Å². The minimum Gasteiger partial charge on any atom is -0.369 e. The topological polar surface area (TPSA) is 43.0 Å². The van der Waals surface area contributed by atoms with E-state index in [4.69, 9.17) is 14.2 Å². The molecule has 2 aliphatic heterocycles. The summed E-state index contributed by atoms with van der Waals surface area (Å²) in [6.45, 7) is 4.45. The van der Waals surface area contributed by atoms with Gasteiger partial charge >= 0.3 is 0 Å². The van der Waals surface area contributed by atoms with Crippen molar-refractivity contribution in [3.8, 4) is 0 Å². The molecule has 0 saturated carbocycles. The quantitative estimate of drug-likeness (QED) is 0.380. The summed E-state index contributed by atoms with van der Waals surface area (Å²) in [6.07, 6.45) is 0.283. The van der Waals surface area contributed by atoms with Crippen LogP contribution < -0.4 is 5.32 Å². The fraction of sp³-hybridized carbons (Fsp3) is 0.438. The molecule has 3 aromatic carbocycles. The molecule has 0 spiro atoms. The summed E-state index contributed by atoms with van der Waals surface area (Å²) in [4.78, 5) is 2.19. The van der Waals surface area contributed by atoms with E-state index in [9.17, 15) is 0 Å². The maximum absolute atomic E-state index is 15.8. The molecule has 38 heavy (non-hydrogen) atoms. The second-order valence-corrected chi connectivity index (χ2v) is 10.5. The molecule has 202 valence electrons. The molecule has 0 aliphatic carbocycles. The Morgan fingerprint density at radius 2 is 1.08 bits per heavy atom. The van der Waals surface area contributed by atoms with Gasteiger partial charge in [0, 0.05) is 19.6 Å². The van der Waals surface area contributed by atoms with E-state index in [1.165, 1.54) is 0 Å². The highest BCUT2D eigenvalue weighted by molar-refractivity contribution is 5.15. The number of likely N-dealkylation sites (tertiary alicyclic amines) is 1. The van der Waals surface area contributed by atoms with E-state index in [1.54, 1.807) is 0 Å². The molecule has 6 heteroatoms. The Morgan fingerprint density at radius 1 is 0.658 bits per heavy atom. The molecule has 2 heterocycles. The van der Waals surface area contributed by atoms with Crippen LogP contribution in [0.3, 0.4) is 0 Å². The number of nitrogens with one attached hydrogen (secondary N) is 1. The maximum Gasteiger partial charge on any atom is 0.126 e. The molecule has 0 radical (unpaired) electrons. The van der Waals surface area contributed by atoms with Gasteiger partial charge in [-0.2, -0.15) is 0 Å². The Bertz CT molecular complexity index is 1030. The summed E-state index contributed by atoms with van der Waals surface area (Å²) in [5.74, 6) is 0. The van der Waals surface area contributed by atoms with Crippen molar-refractivity contribution in [2.24, 2.45) is 0 Å². The molecule has 0 bridgehead atoms. The average molecular weight is 519 g/mol. The molecular formula is C32H39FN2O3. The van der Waals surface area contributed by atoms with E-state index < -0.39 is 5.67 Å². The number of benzene rings is 3. The summed E-state index contributed by atoms with van der Waals surface area (Å²) in [5, 5.41) is 3.28. The van der Waals surface area contributed by atoms with Gasteiger partial charge in [0.15, 0.2) is 0 Å². The first kappa shape index (κ1) is 27.0. The van der Waals surface area contributed by atoms with E-state index in [1.807, 2.05) is 54.6 Å². The number of rotatable bonds is 11. The lowest BCUT2D eigenvalue weighted by atomic mass is 9.92. The number of alkyl halides is 1. The third kappa shape index (κ3) is 7.71. The summed E-state index contributed by atoms with van der Waals surface area (Å²) in [5.41, 5.74) is 2.12. The SMILES string of the molecule is FC1(CN2CC(OCc3ccccc3)C(OCc3ccccc3)C(OCc3ccccc3)C2)CCNCC1. The van der Waals surface area contributed by atoms with Gasteiger partial charge < -0.3 is 19.5 Å². The van der Waals surface area contributed by atoms with Gasteiger partial charge in [-0.25, -0.2) is 4.39 Å². The van der Waals surface area contributed by atoms with Crippen molar-refractivity contribution in [2.75, 3.05) is 32.7 Å². The van der Waals surface area contributed by atoms with Crippen molar-refractivity contribution in [3.63, 3.8) is 0 Å². The number of hydrogen-bond donors (Lipinski definition) is 1. The number of nitrogens with zero attached hydrogens (tertiary/aromatic N) is 1. The summed E-state index contributed by atoms with van der Waals surface area (Å²) >= 11 is 0. The maximum atomic E-state index is 15.8. The van der Waals surface area contributed by atoms with Crippen LogP contribution in [0.1, 0.15) is 29.5 Å². The minimum absolute atomic E-state index is 0.251. The van der Waals surface area contributed by atoms with Gasteiger partial charge in [-0.15, -0.1) is 0 Å². The molecule has 2 fully saturated rings. The van der Waals surface area contributed by atoms with Gasteiger partial charge in [0.2, 0.25) is 0 Å². The predicted octanol–water partition coefficient (Wildman–Crippen LogP) is 5.15. The Hall–Kier alpha value is -2.61.